The van der Waals surface area contributed by atoms with E-state index in [1.807, 2.05) is 0 Å². The average molecular weight is 221 g/mol. The number of aromatic nitrogens is 2. The third-order valence-corrected chi connectivity index (χ3v) is 2.76. The molecular weight excluding hydrogens is 210 g/mol. The number of fused-ring (bicyclic) bond motifs is 1. The molecule has 0 fully saturated rings. The molecule has 0 radical (unpaired) electrons. The van der Waals surface area contributed by atoms with Gasteiger partial charge in [0.1, 0.15) is 18.0 Å². The molecule has 4 N–H and O–H groups in total. The predicted molar refractivity (Wildman–Crippen MR) is 56.8 cm³/mol. The fourth-order valence-corrected chi connectivity index (χ4v) is 1.72. The summed E-state index contributed by atoms with van der Waals surface area (Å²) in [7, 11) is 1.65. The van der Waals surface area contributed by atoms with Gasteiger partial charge in [0.05, 0.1) is 5.56 Å². The van der Waals surface area contributed by atoms with Crippen molar-refractivity contribution in [1.29, 1.82) is 0 Å². The fraction of sp³-hybridized carbons (Fsp3) is 0.333. The fourth-order valence-electron chi connectivity index (χ4n) is 1.72. The van der Waals surface area contributed by atoms with Crippen LogP contribution < -0.4 is 16.4 Å². The third-order valence-electron chi connectivity index (χ3n) is 2.76. The molecule has 1 aromatic heterocycles. The Morgan fingerprint density at radius 3 is 2.81 bits per heavy atom. The summed E-state index contributed by atoms with van der Waals surface area (Å²) >= 11 is 0. The third kappa shape index (κ3) is 1.08. The molecule has 0 spiro atoms. The lowest BCUT2D eigenvalue weighted by molar-refractivity contribution is -0.131. The highest BCUT2D eigenvalue weighted by Gasteiger charge is 2.50. The second kappa shape index (κ2) is 3.16. The molecule has 0 saturated carbocycles. The number of nitrogens with one attached hydrogen (secondary N) is 2. The average Bonchev–Trinajstić information content (AvgIpc) is 2.52. The molecule has 0 aliphatic carbocycles. The minimum Gasteiger partial charge on any atom is -0.373 e. The van der Waals surface area contributed by atoms with Gasteiger partial charge in [0.25, 0.3) is 0 Å². The van der Waals surface area contributed by atoms with Crippen LogP contribution in [0.5, 0.6) is 0 Å². The second-order valence-corrected chi connectivity index (χ2v) is 3.64. The van der Waals surface area contributed by atoms with Gasteiger partial charge in [-0.15, -0.1) is 0 Å². The van der Waals surface area contributed by atoms with Crippen LogP contribution in [-0.2, 0) is 15.0 Å². The zero-order chi connectivity index (χ0) is 11.9. The van der Waals surface area contributed by atoms with E-state index in [9.17, 15) is 9.59 Å². The lowest BCUT2D eigenvalue weighted by Gasteiger charge is -2.18. The van der Waals surface area contributed by atoms with E-state index < -0.39 is 17.2 Å². The molecule has 2 amide bonds. The number of nitrogens with zero attached hydrogens (tertiary/aromatic N) is 2. The Hall–Kier alpha value is -2.18. The number of amides is 2. The Bertz CT molecular complexity index is 487. The van der Waals surface area contributed by atoms with Crippen molar-refractivity contribution in [1.82, 2.24) is 9.97 Å². The molecule has 1 unspecified atom stereocenters. The van der Waals surface area contributed by atoms with Crippen molar-refractivity contribution in [2.75, 3.05) is 17.7 Å². The zero-order valence-corrected chi connectivity index (χ0v) is 8.87. The molecule has 7 nitrogen and oxygen atoms in total. The molecule has 0 bridgehead atoms. The monoisotopic (exact) mass is 221 g/mol. The first-order chi connectivity index (χ1) is 7.51. The minimum absolute atomic E-state index is 0.325. The quantitative estimate of drug-likeness (QED) is 0.567. The van der Waals surface area contributed by atoms with Crippen LogP contribution in [0.2, 0.25) is 0 Å². The molecule has 1 aliphatic heterocycles. The maximum atomic E-state index is 11.8. The van der Waals surface area contributed by atoms with E-state index in [2.05, 4.69) is 20.6 Å². The lowest BCUT2D eigenvalue weighted by atomic mass is 9.84. The van der Waals surface area contributed by atoms with Crippen molar-refractivity contribution < 1.29 is 9.59 Å². The van der Waals surface area contributed by atoms with Crippen LogP contribution in [0.3, 0.4) is 0 Å². The van der Waals surface area contributed by atoms with Crippen LogP contribution in [0.25, 0.3) is 0 Å². The van der Waals surface area contributed by atoms with E-state index in [0.717, 1.165) is 0 Å². The predicted octanol–water partition coefficient (Wildman–Crippen LogP) is -0.787. The zero-order valence-electron chi connectivity index (χ0n) is 8.87. The number of carbonyl (C=O) groups excluding carboxylic acids is 2. The maximum absolute atomic E-state index is 11.8. The molecule has 7 heteroatoms. The lowest BCUT2D eigenvalue weighted by Crippen LogP contribution is -2.44. The van der Waals surface area contributed by atoms with Gasteiger partial charge < -0.3 is 16.4 Å². The molecule has 1 aliphatic rings. The second-order valence-electron chi connectivity index (χ2n) is 3.64. The highest BCUT2D eigenvalue weighted by molar-refractivity contribution is 6.20. The van der Waals surface area contributed by atoms with E-state index in [0.29, 0.717) is 17.2 Å². The van der Waals surface area contributed by atoms with Gasteiger partial charge in [-0.05, 0) is 6.92 Å². The molecule has 84 valence electrons. The van der Waals surface area contributed by atoms with Gasteiger partial charge in [-0.3, -0.25) is 9.59 Å². The van der Waals surface area contributed by atoms with Crippen molar-refractivity contribution in [3.8, 4) is 0 Å². The van der Waals surface area contributed by atoms with Gasteiger partial charge >= 0.3 is 0 Å². The van der Waals surface area contributed by atoms with E-state index in [1.54, 1.807) is 7.05 Å². The molecule has 16 heavy (non-hydrogen) atoms. The number of carbonyl (C=O) groups is 2. The van der Waals surface area contributed by atoms with Crippen LogP contribution in [-0.4, -0.2) is 28.8 Å². The number of primary amides is 1. The Balaban J connectivity index is 2.72. The Kier molecular flexibility index (Phi) is 2.04. The summed E-state index contributed by atoms with van der Waals surface area (Å²) in [4.78, 5) is 31.1. The molecule has 1 aromatic rings. The van der Waals surface area contributed by atoms with Crippen molar-refractivity contribution in [3.05, 3.63) is 11.9 Å². The van der Waals surface area contributed by atoms with Crippen molar-refractivity contribution in [2.45, 2.75) is 12.3 Å². The molecule has 2 rings (SSSR count). The van der Waals surface area contributed by atoms with Gasteiger partial charge in [0.15, 0.2) is 5.41 Å². The Labute approximate surface area is 91.5 Å². The highest BCUT2D eigenvalue weighted by atomic mass is 16.2. The van der Waals surface area contributed by atoms with Crippen LogP contribution in [0.4, 0.5) is 11.6 Å². The number of rotatable bonds is 2. The minimum atomic E-state index is -1.42. The SMILES string of the molecule is CNc1ncnc2c1C(C)(C(N)=O)C(=O)N2. The smallest absolute Gasteiger partial charge is 0.245 e. The summed E-state index contributed by atoms with van der Waals surface area (Å²) in [5, 5.41) is 5.32. The van der Waals surface area contributed by atoms with E-state index in [1.165, 1.54) is 13.3 Å². The summed E-state index contributed by atoms with van der Waals surface area (Å²) < 4.78 is 0. The van der Waals surface area contributed by atoms with E-state index in [-0.39, 0.29) is 0 Å². The standard InChI is InChI=1S/C9H11N5O2/c1-9(7(10)15)4-5(11-2)12-3-13-6(4)14-8(9)16/h3H,1-2H3,(H2,10,15)(H2,11,12,13,14,16). The summed E-state index contributed by atoms with van der Waals surface area (Å²) in [6, 6.07) is 0. The normalized spacial score (nSPS) is 22.5. The maximum Gasteiger partial charge on any atom is 0.245 e. The Morgan fingerprint density at radius 1 is 1.56 bits per heavy atom. The number of hydrogen-bond acceptors (Lipinski definition) is 5. The van der Waals surface area contributed by atoms with Gasteiger partial charge in [-0.25, -0.2) is 9.97 Å². The van der Waals surface area contributed by atoms with Gasteiger partial charge in [0.2, 0.25) is 11.8 Å². The summed E-state index contributed by atoms with van der Waals surface area (Å²) in [5.74, 6) is -0.461. The number of nitrogens with two attached hydrogens (primary N) is 1. The van der Waals surface area contributed by atoms with Gasteiger partial charge in [0, 0.05) is 7.05 Å². The molecular formula is C9H11N5O2. The Morgan fingerprint density at radius 2 is 2.25 bits per heavy atom. The first-order valence-corrected chi connectivity index (χ1v) is 4.66. The van der Waals surface area contributed by atoms with Crippen molar-refractivity contribution >= 4 is 23.5 Å². The first-order valence-electron chi connectivity index (χ1n) is 4.66. The van der Waals surface area contributed by atoms with Gasteiger partial charge in [-0.1, -0.05) is 0 Å². The topological polar surface area (TPSA) is 110 Å². The van der Waals surface area contributed by atoms with E-state index >= 15 is 0 Å². The number of anilines is 2. The first kappa shape index (κ1) is 10.3. The van der Waals surface area contributed by atoms with Crippen LogP contribution in [0.1, 0.15) is 12.5 Å². The summed E-state index contributed by atoms with van der Waals surface area (Å²) in [6.45, 7) is 1.46. The largest absolute Gasteiger partial charge is 0.373 e. The van der Waals surface area contributed by atoms with E-state index in [4.69, 9.17) is 5.73 Å². The van der Waals surface area contributed by atoms with Crippen molar-refractivity contribution in [3.63, 3.8) is 0 Å². The molecule has 1 atom stereocenters. The summed E-state index contributed by atoms with van der Waals surface area (Å²) in [5.41, 5.74) is 4.25. The van der Waals surface area contributed by atoms with Crippen molar-refractivity contribution in [2.24, 2.45) is 5.73 Å². The highest BCUT2D eigenvalue weighted by Crippen LogP contribution is 2.39. The number of hydrogen-bond donors (Lipinski definition) is 3. The van der Waals surface area contributed by atoms with Crippen LogP contribution in [0, 0.1) is 0 Å². The molecule has 0 saturated heterocycles. The molecule has 0 aromatic carbocycles. The van der Waals surface area contributed by atoms with Gasteiger partial charge in [-0.2, -0.15) is 0 Å². The van der Waals surface area contributed by atoms with Crippen LogP contribution >= 0.6 is 0 Å². The van der Waals surface area contributed by atoms with Crippen LogP contribution in [0.15, 0.2) is 6.33 Å². The summed E-state index contributed by atoms with van der Waals surface area (Å²) in [6.07, 6.45) is 1.30. The molecule has 2 heterocycles.